The van der Waals surface area contributed by atoms with Crippen molar-refractivity contribution in [1.82, 2.24) is 0 Å². The number of carboxylic acids is 1. The number of halogens is 2. The predicted molar refractivity (Wildman–Crippen MR) is 74.6 cm³/mol. The molecular weight excluding hydrogens is 319 g/mol. The number of carbonyl (C=O) groups excluding carboxylic acids is 1. The third-order valence-electron chi connectivity index (χ3n) is 2.99. The molecule has 1 aliphatic heterocycles. The van der Waals surface area contributed by atoms with Gasteiger partial charge in [-0.1, -0.05) is 29.3 Å². The lowest BCUT2D eigenvalue weighted by atomic mass is 9.97. The fourth-order valence-corrected chi connectivity index (χ4v) is 2.51. The topological polar surface area (TPSA) is 72.8 Å². The van der Waals surface area contributed by atoms with Gasteiger partial charge in [0.2, 0.25) is 11.5 Å². The van der Waals surface area contributed by atoms with Gasteiger partial charge in [-0.3, -0.25) is 14.6 Å². The molecule has 0 saturated heterocycles. The summed E-state index contributed by atoms with van der Waals surface area (Å²) in [6.45, 7) is 0. The highest BCUT2D eigenvalue weighted by Crippen LogP contribution is 2.43. The summed E-state index contributed by atoms with van der Waals surface area (Å²) in [6.07, 6.45) is 0. The van der Waals surface area contributed by atoms with E-state index >= 15 is 0 Å². The Hall–Kier alpha value is -2.24. The van der Waals surface area contributed by atoms with E-state index in [1.807, 2.05) is 0 Å². The lowest BCUT2D eigenvalue weighted by molar-refractivity contribution is -0.0849. The fraction of sp³-hybridized carbons (Fsp3) is 0. The van der Waals surface area contributed by atoms with Crippen molar-refractivity contribution >= 4 is 35.0 Å². The lowest BCUT2D eigenvalue weighted by Crippen LogP contribution is -2.11. The van der Waals surface area contributed by atoms with Crippen molar-refractivity contribution in [3.8, 4) is 11.5 Å². The van der Waals surface area contributed by atoms with Crippen molar-refractivity contribution in [2.75, 3.05) is 0 Å². The van der Waals surface area contributed by atoms with E-state index in [0.717, 1.165) is 0 Å². The van der Waals surface area contributed by atoms with Gasteiger partial charge in [0.25, 0.3) is 0 Å². The summed E-state index contributed by atoms with van der Waals surface area (Å²) in [5, 5.41) is 9.38. The third-order valence-corrected chi connectivity index (χ3v) is 3.67. The minimum absolute atomic E-state index is 0.0335. The largest absolute Gasteiger partial charge is 0.478 e. The first-order valence-electron chi connectivity index (χ1n) is 5.74. The quantitative estimate of drug-likeness (QED) is 0.689. The molecule has 0 radical (unpaired) electrons. The van der Waals surface area contributed by atoms with Crippen LogP contribution in [0.4, 0.5) is 0 Å². The van der Waals surface area contributed by atoms with Gasteiger partial charge in [-0.25, -0.2) is 4.79 Å². The van der Waals surface area contributed by atoms with Crippen molar-refractivity contribution < 1.29 is 24.5 Å². The Morgan fingerprint density at radius 1 is 1.00 bits per heavy atom. The van der Waals surface area contributed by atoms with Gasteiger partial charge in [-0.05, 0) is 24.3 Å². The van der Waals surface area contributed by atoms with Crippen LogP contribution in [0.15, 0.2) is 30.3 Å². The summed E-state index contributed by atoms with van der Waals surface area (Å²) >= 11 is 11.9. The van der Waals surface area contributed by atoms with Gasteiger partial charge in [0.05, 0.1) is 21.7 Å². The second-order valence-corrected chi connectivity index (χ2v) is 5.00. The van der Waals surface area contributed by atoms with E-state index < -0.39 is 11.8 Å². The number of rotatable bonds is 3. The Morgan fingerprint density at radius 2 is 1.76 bits per heavy atom. The van der Waals surface area contributed by atoms with Crippen molar-refractivity contribution in [2.24, 2.45) is 0 Å². The third kappa shape index (κ3) is 2.11. The molecule has 0 fully saturated rings. The number of carbonyl (C=O) groups is 2. The van der Waals surface area contributed by atoms with E-state index in [1.165, 1.54) is 30.3 Å². The van der Waals surface area contributed by atoms with Crippen LogP contribution < -0.4 is 9.78 Å². The van der Waals surface area contributed by atoms with Crippen LogP contribution in [0.25, 0.3) is 0 Å². The van der Waals surface area contributed by atoms with Gasteiger partial charge < -0.3 is 5.11 Å². The Bertz CT molecular complexity index is 785. The average Bonchev–Trinajstić information content (AvgIpc) is 2.69. The molecule has 0 saturated carbocycles. The van der Waals surface area contributed by atoms with Gasteiger partial charge in [0.15, 0.2) is 5.78 Å². The normalized spacial score (nSPS) is 11.7. The van der Waals surface area contributed by atoms with Crippen molar-refractivity contribution in [2.45, 2.75) is 0 Å². The van der Waals surface area contributed by atoms with E-state index in [-0.39, 0.29) is 32.5 Å². The fourth-order valence-electron chi connectivity index (χ4n) is 2.02. The molecule has 5 nitrogen and oxygen atoms in total. The van der Waals surface area contributed by atoms with Crippen LogP contribution >= 0.6 is 23.2 Å². The predicted octanol–water partition coefficient (Wildman–Crippen LogP) is 3.61. The SMILES string of the molecule is O=C(O)c1cccc(Cl)c1C(=O)c1ccc2c(Cl)c1OO2. The molecule has 2 aromatic rings. The Labute approximate surface area is 128 Å². The summed E-state index contributed by atoms with van der Waals surface area (Å²) in [6, 6.07) is 7.10. The van der Waals surface area contributed by atoms with Gasteiger partial charge in [-0.15, -0.1) is 0 Å². The first-order valence-corrected chi connectivity index (χ1v) is 6.50. The number of hydrogen-bond donors (Lipinski definition) is 1. The molecule has 1 N–H and O–H groups in total. The van der Waals surface area contributed by atoms with Crippen molar-refractivity contribution in [1.29, 1.82) is 0 Å². The first kappa shape index (κ1) is 13.7. The second-order valence-electron chi connectivity index (χ2n) is 4.22. The molecule has 0 spiro atoms. The zero-order chi connectivity index (χ0) is 15.1. The van der Waals surface area contributed by atoms with Crippen LogP contribution in [-0.2, 0) is 0 Å². The highest BCUT2D eigenvalue weighted by molar-refractivity contribution is 6.37. The van der Waals surface area contributed by atoms with Gasteiger partial charge in [0.1, 0.15) is 5.02 Å². The van der Waals surface area contributed by atoms with Crippen molar-refractivity contribution in [3.63, 3.8) is 0 Å². The maximum Gasteiger partial charge on any atom is 0.336 e. The van der Waals surface area contributed by atoms with Gasteiger partial charge in [0, 0.05) is 0 Å². The van der Waals surface area contributed by atoms with Crippen LogP contribution in [0.1, 0.15) is 26.3 Å². The summed E-state index contributed by atoms with van der Waals surface area (Å²) in [7, 11) is 0. The molecule has 0 amide bonds. The van der Waals surface area contributed by atoms with Crippen LogP contribution in [-0.4, -0.2) is 16.9 Å². The molecule has 106 valence electrons. The van der Waals surface area contributed by atoms with E-state index in [0.29, 0.717) is 5.75 Å². The highest BCUT2D eigenvalue weighted by Gasteiger charge is 2.30. The highest BCUT2D eigenvalue weighted by atomic mass is 35.5. The number of carboxylic acid groups (broad SMARTS) is 1. The van der Waals surface area contributed by atoms with Crippen molar-refractivity contribution in [3.05, 3.63) is 57.1 Å². The second kappa shape index (κ2) is 4.95. The van der Waals surface area contributed by atoms with Crippen LogP contribution in [0.5, 0.6) is 11.5 Å². The average molecular weight is 325 g/mol. The van der Waals surface area contributed by atoms with E-state index in [4.69, 9.17) is 33.0 Å². The number of fused-ring (bicyclic) bond motifs is 2. The van der Waals surface area contributed by atoms with E-state index in [9.17, 15) is 14.7 Å². The molecule has 21 heavy (non-hydrogen) atoms. The van der Waals surface area contributed by atoms with Crippen LogP contribution in [0.2, 0.25) is 10.0 Å². The van der Waals surface area contributed by atoms with Gasteiger partial charge in [-0.2, -0.15) is 0 Å². The number of ketones is 1. The zero-order valence-electron chi connectivity index (χ0n) is 10.2. The van der Waals surface area contributed by atoms with Gasteiger partial charge >= 0.3 is 5.97 Å². The number of aromatic carboxylic acids is 1. The number of hydrogen-bond acceptors (Lipinski definition) is 4. The van der Waals surface area contributed by atoms with E-state index in [2.05, 4.69) is 0 Å². The Kier molecular flexibility index (Phi) is 3.23. The maximum absolute atomic E-state index is 12.6. The summed E-state index contributed by atoms with van der Waals surface area (Å²) < 4.78 is 0. The smallest absolute Gasteiger partial charge is 0.336 e. The molecule has 0 atom stereocenters. The molecule has 0 aromatic heterocycles. The standard InChI is InChI=1S/C14H6Cl2O5/c15-8-3-1-2-6(14(18)19)10(8)12(17)7-4-5-9-11(16)13(7)21-20-9/h1-5H,(H,18,19). The number of benzene rings is 2. The zero-order valence-corrected chi connectivity index (χ0v) is 11.7. The summed E-state index contributed by atoms with van der Waals surface area (Å²) in [5.74, 6) is -1.51. The molecule has 7 heteroatoms. The summed E-state index contributed by atoms with van der Waals surface area (Å²) in [5.41, 5.74) is -0.238. The molecule has 0 unspecified atom stereocenters. The maximum atomic E-state index is 12.6. The Morgan fingerprint density at radius 3 is 2.48 bits per heavy atom. The summed E-state index contributed by atoms with van der Waals surface area (Å²) in [4.78, 5) is 33.6. The monoisotopic (exact) mass is 324 g/mol. The molecule has 2 aromatic carbocycles. The van der Waals surface area contributed by atoms with E-state index in [1.54, 1.807) is 0 Å². The molecule has 2 bridgehead atoms. The van der Waals surface area contributed by atoms with Crippen LogP contribution in [0.3, 0.4) is 0 Å². The molecular formula is C14H6Cl2O5. The first-order chi connectivity index (χ1) is 10.0. The molecule has 1 heterocycles. The minimum Gasteiger partial charge on any atom is -0.478 e. The lowest BCUT2D eigenvalue weighted by Gasteiger charge is -2.08. The van der Waals surface area contributed by atoms with Crippen LogP contribution in [0, 0.1) is 0 Å². The minimum atomic E-state index is -1.25. The molecule has 0 aliphatic carbocycles. The molecule has 3 rings (SSSR count). The molecule has 1 aliphatic rings. The Balaban J connectivity index is 2.18.